The highest BCUT2D eigenvalue weighted by atomic mass is 127. The normalized spacial score (nSPS) is 25.8. The lowest BCUT2D eigenvalue weighted by Gasteiger charge is -2.48. The van der Waals surface area contributed by atoms with Gasteiger partial charge in [-0.2, -0.15) is 0 Å². The second-order valence-corrected chi connectivity index (χ2v) is 8.73. The molecule has 0 aliphatic carbocycles. The fourth-order valence-electron chi connectivity index (χ4n) is 3.52. The quantitative estimate of drug-likeness (QED) is 0.266. The van der Waals surface area contributed by atoms with E-state index >= 15 is 4.39 Å². The van der Waals surface area contributed by atoms with E-state index in [-0.39, 0.29) is 40.6 Å². The van der Waals surface area contributed by atoms with Gasteiger partial charge in [-0.25, -0.2) is 19.1 Å². The molecule has 0 radical (unpaired) electrons. The van der Waals surface area contributed by atoms with Gasteiger partial charge in [0.2, 0.25) is 5.75 Å². The number of ether oxygens (including phenoxy) is 1. The average Bonchev–Trinajstić information content (AvgIpc) is 2.61. The van der Waals surface area contributed by atoms with Crippen LogP contribution in [-0.2, 0) is 0 Å². The molecule has 1 fully saturated rings. The highest BCUT2D eigenvalue weighted by Crippen LogP contribution is 2.44. The summed E-state index contributed by atoms with van der Waals surface area (Å²) in [4.78, 5) is 14.2. The molecule has 2 aromatic rings. The summed E-state index contributed by atoms with van der Waals surface area (Å²) in [6, 6.07) is 0.349. The zero-order valence-electron chi connectivity index (χ0n) is 13.8. The number of hydrogen-bond donors (Lipinski definition) is 0. The van der Waals surface area contributed by atoms with Crippen molar-refractivity contribution in [3.63, 3.8) is 0 Å². The number of anilines is 1. The van der Waals surface area contributed by atoms with E-state index in [0.29, 0.717) is 6.54 Å². The Bertz CT molecular complexity index is 984. The summed E-state index contributed by atoms with van der Waals surface area (Å²) in [7, 11) is 0. The Kier molecular flexibility index (Phi) is 4.58. The van der Waals surface area contributed by atoms with Crippen molar-refractivity contribution in [1.82, 2.24) is 5.89 Å². The van der Waals surface area contributed by atoms with Crippen LogP contribution < -0.4 is 15.2 Å². The van der Waals surface area contributed by atoms with Gasteiger partial charge in [0, 0.05) is 40.4 Å². The Balaban J connectivity index is 2.09. The smallest absolute Gasteiger partial charge is 0.304 e. The van der Waals surface area contributed by atoms with Gasteiger partial charge in [0.25, 0.3) is 0 Å². The Hall–Kier alpha value is -0.760. The van der Waals surface area contributed by atoms with E-state index in [2.05, 4.69) is 22.9 Å². The van der Waals surface area contributed by atoms with E-state index in [4.69, 9.17) is 4.74 Å². The van der Waals surface area contributed by atoms with E-state index < -0.39 is 29.5 Å². The van der Waals surface area contributed by atoms with Crippen LogP contribution in [-0.4, -0.2) is 37.4 Å². The monoisotopic (exact) mass is 591 g/mol. The fourth-order valence-corrected chi connectivity index (χ4v) is 4.93. The van der Waals surface area contributed by atoms with Gasteiger partial charge in [0.05, 0.1) is 46.2 Å². The molecule has 1 aromatic carbocycles. The van der Waals surface area contributed by atoms with Crippen LogP contribution in [0.3, 0.4) is 0 Å². The van der Waals surface area contributed by atoms with E-state index in [0.717, 1.165) is 8.85 Å². The lowest BCUT2D eigenvalue weighted by atomic mass is 10.0. The third kappa shape index (κ3) is 2.47. The van der Waals surface area contributed by atoms with Gasteiger partial charge in [0.1, 0.15) is 12.4 Å². The lowest BCUT2D eigenvalue weighted by Crippen LogP contribution is -2.62. The summed E-state index contributed by atoms with van der Waals surface area (Å²) < 4.78 is 52.8. The van der Waals surface area contributed by atoms with Gasteiger partial charge in [-0.15, -0.1) is 0 Å². The van der Waals surface area contributed by atoms with Gasteiger partial charge in [-0.3, -0.25) is 4.79 Å². The molecule has 2 aliphatic rings. The Morgan fingerprint density at radius 2 is 2.00 bits per heavy atom. The van der Waals surface area contributed by atoms with E-state index in [1.807, 2.05) is 3.11 Å². The summed E-state index contributed by atoms with van der Waals surface area (Å²) in [6.45, 7) is 3.68. The maximum absolute atomic E-state index is 15.2. The number of rotatable bonds is 0. The van der Waals surface area contributed by atoms with Crippen molar-refractivity contribution in [1.29, 1.82) is 0 Å². The van der Waals surface area contributed by atoms with Gasteiger partial charge in [-0.1, -0.05) is 0 Å². The molecule has 0 amide bonds. The minimum Gasteiger partial charge on any atom is -0.484 e. The maximum atomic E-state index is 15.2. The van der Waals surface area contributed by atoms with Crippen molar-refractivity contribution in [2.75, 3.05) is 18.1 Å². The predicted octanol–water partition coefficient (Wildman–Crippen LogP) is 3.70. The standard InChI is InChI=1S/C16H14F3I2N3O2/c1-6-10(17)3-9-12(11(6)18)24(21)16(25)14-13(9)23-8(5-26-14)4-22(20)7(2)15(23)19/h3,7-8,15H,4-5H2,1-2H3. The largest absolute Gasteiger partial charge is 0.484 e. The molecule has 4 rings (SSSR count). The fraction of sp³-hybridized carbons (Fsp3) is 0.438. The molecule has 1 aromatic heterocycles. The van der Waals surface area contributed by atoms with Crippen molar-refractivity contribution < 1.29 is 17.9 Å². The number of fused-ring (bicyclic) bond motifs is 5. The number of alkyl halides is 1. The van der Waals surface area contributed by atoms with E-state index in [1.165, 1.54) is 11.8 Å². The van der Waals surface area contributed by atoms with Crippen LogP contribution in [0.1, 0.15) is 12.5 Å². The Morgan fingerprint density at radius 3 is 2.69 bits per heavy atom. The van der Waals surface area contributed by atoms with Crippen LogP contribution in [0, 0.1) is 18.6 Å². The molecular formula is C16H14F3I2N3O2. The number of benzene rings is 1. The van der Waals surface area contributed by atoms with Crippen LogP contribution in [0.15, 0.2) is 10.9 Å². The third-order valence-corrected chi connectivity index (χ3v) is 7.22. The molecule has 2 aliphatic heterocycles. The SMILES string of the molecule is Cc1c(F)cc2c3c(c(=O)n(I)c2c1F)OCC1CN(I)C(C)C(F)N31. The highest BCUT2D eigenvalue weighted by molar-refractivity contribution is 14.1. The van der Waals surface area contributed by atoms with Crippen molar-refractivity contribution in [2.24, 2.45) is 0 Å². The molecule has 5 nitrogen and oxygen atoms in total. The molecule has 3 atom stereocenters. The Labute approximate surface area is 175 Å². The van der Waals surface area contributed by atoms with Gasteiger partial charge in [-0.05, 0) is 19.9 Å². The van der Waals surface area contributed by atoms with Crippen molar-refractivity contribution in [3.05, 3.63) is 33.6 Å². The second kappa shape index (κ2) is 6.40. The minimum atomic E-state index is -1.44. The van der Waals surface area contributed by atoms with Crippen LogP contribution in [0.4, 0.5) is 18.9 Å². The highest BCUT2D eigenvalue weighted by Gasteiger charge is 2.45. The first-order chi connectivity index (χ1) is 12.2. The Morgan fingerprint density at radius 1 is 1.31 bits per heavy atom. The number of piperazine rings is 1. The molecule has 0 saturated carbocycles. The molecule has 10 heteroatoms. The number of pyridine rings is 1. The number of halogens is 5. The summed E-state index contributed by atoms with van der Waals surface area (Å²) in [5.74, 6) is -1.64. The second-order valence-electron chi connectivity index (χ2n) is 6.52. The third-order valence-electron chi connectivity index (χ3n) is 5.02. The molecular weight excluding hydrogens is 577 g/mol. The summed E-state index contributed by atoms with van der Waals surface area (Å²) in [6.07, 6.45) is -1.44. The first kappa shape index (κ1) is 18.6. The molecule has 140 valence electrons. The maximum Gasteiger partial charge on any atom is 0.304 e. The minimum absolute atomic E-state index is 0.0609. The zero-order chi connectivity index (χ0) is 18.9. The lowest BCUT2D eigenvalue weighted by molar-refractivity contribution is 0.113. The van der Waals surface area contributed by atoms with Crippen LogP contribution >= 0.6 is 45.7 Å². The molecule has 1 saturated heterocycles. The van der Waals surface area contributed by atoms with Crippen LogP contribution in [0.25, 0.3) is 10.9 Å². The number of nitrogens with zero attached hydrogens (tertiary/aromatic N) is 3. The molecule has 3 unspecified atom stereocenters. The molecule has 0 bridgehead atoms. The average molecular weight is 591 g/mol. The zero-order valence-corrected chi connectivity index (χ0v) is 18.1. The summed E-state index contributed by atoms with van der Waals surface area (Å²) >= 11 is 3.72. The van der Waals surface area contributed by atoms with Crippen LogP contribution in [0.2, 0.25) is 0 Å². The molecule has 3 heterocycles. The topological polar surface area (TPSA) is 37.7 Å². The first-order valence-corrected chi connectivity index (χ1v) is 9.88. The van der Waals surface area contributed by atoms with Crippen molar-refractivity contribution in [2.45, 2.75) is 32.2 Å². The van der Waals surface area contributed by atoms with Crippen molar-refractivity contribution >= 4 is 62.3 Å². The van der Waals surface area contributed by atoms with Crippen molar-refractivity contribution in [3.8, 4) is 5.75 Å². The molecule has 0 N–H and O–H groups in total. The molecule has 0 spiro atoms. The predicted molar refractivity (Wildman–Crippen MR) is 109 cm³/mol. The molecule has 26 heavy (non-hydrogen) atoms. The summed E-state index contributed by atoms with van der Waals surface area (Å²) in [5, 5.41) is 0.135. The number of hydrogen-bond acceptors (Lipinski definition) is 4. The summed E-state index contributed by atoms with van der Waals surface area (Å²) in [5.41, 5.74) is -0.684. The van der Waals surface area contributed by atoms with Gasteiger partial charge < -0.3 is 9.64 Å². The number of aromatic nitrogens is 1. The van der Waals surface area contributed by atoms with E-state index in [9.17, 15) is 13.6 Å². The van der Waals surface area contributed by atoms with Gasteiger partial charge >= 0.3 is 5.56 Å². The van der Waals surface area contributed by atoms with E-state index in [1.54, 1.807) is 29.8 Å². The van der Waals surface area contributed by atoms with Crippen LogP contribution in [0.5, 0.6) is 5.75 Å². The van der Waals surface area contributed by atoms with Gasteiger partial charge in [0.15, 0.2) is 12.1 Å². The first-order valence-electron chi connectivity index (χ1n) is 7.95.